The number of thioether (sulfide) groups is 1. The first-order valence-corrected chi connectivity index (χ1v) is 18.9. The van der Waals surface area contributed by atoms with Crippen molar-refractivity contribution in [2.75, 3.05) is 12.3 Å². The molecule has 4 atom stereocenters. The van der Waals surface area contributed by atoms with Gasteiger partial charge in [0.25, 0.3) is 5.22 Å². The van der Waals surface area contributed by atoms with Crippen molar-refractivity contribution in [3.05, 3.63) is 156 Å². The molecule has 1 aliphatic heterocycles. The summed E-state index contributed by atoms with van der Waals surface area (Å²) in [5.41, 5.74) is 8.59. The van der Waals surface area contributed by atoms with Gasteiger partial charge < -0.3 is 29.6 Å². The number of hydrogen-bond donors (Lipinski definition) is 3. The van der Waals surface area contributed by atoms with E-state index in [2.05, 4.69) is 41.8 Å². The molecule has 2 amide bonds. The molecule has 5 aromatic carbocycles. The van der Waals surface area contributed by atoms with Crippen LogP contribution in [0.2, 0.25) is 0 Å². The number of urea groups is 1. The van der Waals surface area contributed by atoms with Crippen molar-refractivity contribution >= 4 is 17.8 Å². The maximum Gasteiger partial charge on any atom is 0.315 e. The monoisotopic (exact) mass is 725 g/mol. The van der Waals surface area contributed by atoms with E-state index in [1.54, 1.807) is 11.8 Å². The van der Waals surface area contributed by atoms with Gasteiger partial charge in [0, 0.05) is 41.5 Å². The van der Waals surface area contributed by atoms with Gasteiger partial charge in [-0.3, -0.25) is 0 Å². The zero-order valence-electron chi connectivity index (χ0n) is 29.8. The SMILES string of the molecule is CCNC(=O)NCc1cccc(-c2cccc(C3OC(CSc4nc(-c5ccccc5)c(-c5ccccc5)o4)C(C)C(c4ccc(CO)cc4)O3)c2)c1. The average Bonchev–Trinajstić information content (AvgIpc) is 3.65. The molecule has 8 nitrogen and oxygen atoms in total. The number of carbonyl (C=O) groups is 1. The molecular formula is C44H43N3O5S. The van der Waals surface area contributed by atoms with Gasteiger partial charge in [0.15, 0.2) is 12.1 Å². The second-order valence-corrected chi connectivity index (χ2v) is 14.0. The quantitative estimate of drug-likeness (QED) is 0.108. The van der Waals surface area contributed by atoms with Crippen LogP contribution in [0.5, 0.6) is 0 Å². The number of ether oxygens (including phenoxy) is 2. The van der Waals surface area contributed by atoms with Gasteiger partial charge in [-0.05, 0) is 46.9 Å². The predicted octanol–water partition coefficient (Wildman–Crippen LogP) is 9.57. The molecule has 6 aromatic rings. The number of aliphatic hydroxyl groups excluding tert-OH is 1. The number of nitrogens with one attached hydrogen (secondary N) is 2. The van der Waals surface area contributed by atoms with Gasteiger partial charge in [-0.1, -0.05) is 140 Å². The molecule has 0 bridgehead atoms. The topological polar surface area (TPSA) is 106 Å². The number of amides is 2. The maximum absolute atomic E-state index is 12.0. The summed E-state index contributed by atoms with van der Waals surface area (Å²) in [6, 6.07) is 44.3. The highest BCUT2D eigenvalue weighted by molar-refractivity contribution is 7.99. The third-order valence-corrected chi connectivity index (χ3v) is 10.3. The van der Waals surface area contributed by atoms with Crippen molar-refractivity contribution in [3.63, 3.8) is 0 Å². The van der Waals surface area contributed by atoms with E-state index in [1.165, 1.54) is 0 Å². The summed E-state index contributed by atoms with van der Waals surface area (Å²) >= 11 is 1.54. The van der Waals surface area contributed by atoms with Gasteiger partial charge in [0.1, 0.15) is 5.69 Å². The Balaban J connectivity index is 1.15. The van der Waals surface area contributed by atoms with E-state index >= 15 is 0 Å². The Morgan fingerprint density at radius 3 is 2.13 bits per heavy atom. The number of rotatable bonds is 12. The van der Waals surface area contributed by atoms with Crippen LogP contribution in [0, 0.1) is 5.92 Å². The van der Waals surface area contributed by atoms with Crippen LogP contribution < -0.4 is 10.6 Å². The molecule has 1 aromatic heterocycles. The van der Waals surface area contributed by atoms with Crippen LogP contribution in [0.25, 0.3) is 33.7 Å². The number of oxazole rings is 1. The first-order valence-electron chi connectivity index (χ1n) is 17.9. The fourth-order valence-corrected chi connectivity index (χ4v) is 7.52. The molecule has 1 fully saturated rings. The van der Waals surface area contributed by atoms with E-state index in [0.717, 1.165) is 56.0 Å². The normalized spacial score (nSPS) is 18.4. The highest BCUT2D eigenvalue weighted by Crippen LogP contribution is 2.44. The second-order valence-electron chi connectivity index (χ2n) is 13.1. The van der Waals surface area contributed by atoms with Crippen molar-refractivity contribution < 1.29 is 23.8 Å². The lowest BCUT2D eigenvalue weighted by Gasteiger charge is -2.41. The first kappa shape index (κ1) is 36.2. The lowest BCUT2D eigenvalue weighted by Crippen LogP contribution is -2.38. The Bertz CT molecular complexity index is 2050. The predicted molar refractivity (Wildman–Crippen MR) is 209 cm³/mol. The molecule has 270 valence electrons. The fourth-order valence-electron chi connectivity index (χ4n) is 6.53. The first-order chi connectivity index (χ1) is 26.0. The second kappa shape index (κ2) is 17.1. The largest absolute Gasteiger partial charge is 0.431 e. The van der Waals surface area contributed by atoms with Gasteiger partial charge in [0.2, 0.25) is 0 Å². The van der Waals surface area contributed by atoms with E-state index in [-0.39, 0.29) is 30.8 Å². The molecule has 53 heavy (non-hydrogen) atoms. The Labute approximate surface area is 314 Å². The van der Waals surface area contributed by atoms with E-state index in [1.807, 2.05) is 116 Å². The Morgan fingerprint density at radius 2 is 1.42 bits per heavy atom. The molecule has 0 saturated carbocycles. The molecule has 0 radical (unpaired) electrons. The van der Waals surface area contributed by atoms with Crippen molar-refractivity contribution in [1.29, 1.82) is 0 Å². The van der Waals surface area contributed by atoms with E-state index < -0.39 is 6.29 Å². The Hall–Kier alpha value is -5.19. The lowest BCUT2D eigenvalue weighted by atomic mass is 9.91. The number of aliphatic hydroxyl groups is 1. The van der Waals surface area contributed by atoms with Gasteiger partial charge >= 0.3 is 6.03 Å². The summed E-state index contributed by atoms with van der Waals surface area (Å²) in [6.07, 6.45) is -1.10. The third-order valence-electron chi connectivity index (χ3n) is 9.39. The number of carbonyl (C=O) groups excluding carboxylic acids is 1. The van der Waals surface area contributed by atoms with Crippen LogP contribution in [-0.2, 0) is 22.6 Å². The number of aromatic nitrogens is 1. The van der Waals surface area contributed by atoms with Gasteiger partial charge in [0.05, 0.1) is 18.8 Å². The number of benzene rings is 5. The van der Waals surface area contributed by atoms with E-state index in [9.17, 15) is 9.90 Å². The lowest BCUT2D eigenvalue weighted by molar-refractivity contribution is -0.268. The highest BCUT2D eigenvalue weighted by atomic mass is 32.2. The fraction of sp³-hybridized carbons (Fsp3) is 0.227. The minimum absolute atomic E-state index is 0.00634. The molecule has 0 aliphatic carbocycles. The van der Waals surface area contributed by atoms with Crippen LogP contribution in [0.1, 0.15) is 48.5 Å². The molecule has 4 unspecified atom stereocenters. The zero-order valence-corrected chi connectivity index (χ0v) is 30.6. The van der Waals surface area contributed by atoms with Crippen LogP contribution in [0.4, 0.5) is 4.79 Å². The minimum Gasteiger partial charge on any atom is -0.431 e. The van der Waals surface area contributed by atoms with Crippen molar-refractivity contribution in [2.24, 2.45) is 5.92 Å². The van der Waals surface area contributed by atoms with Crippen molar-refractivity contribution in [2.45, 2.75) is 50.7 Å². The molecule has 9 heteroatoms. The number of nitrogens with zero attached hydrogens (tertiary/aromatic N) is 1. The number of hydrogen-bond acceptors (Lipinski definition) is 7. The average molecular weight is 726 g/mol. The molecule has 7 rings (SSSR count). The molecule has 0 spiro atoms. The highest BCUT2D eigenvalue weighted by Gasteiger charge is 2.39. The van der Waals surface area contributed by atoms with E-state index in [0.29, 0.717) is 24.1 Å². The minimum atomic E-state index is -0.633. The van der Waals surface area contributed by atoms with Gasteiger partial charge in [-0.2, -0.15) is 0 Å². The molecule has 2 heterocycles. The zero-order chi connectivity index (χ0) is 36.6. The van der Waals surface area contributed by atoms with E-state index in [4.69, 9.17) is 18.9 Å². The van der Waals surface area contributed by atoms with Crippen LogP contribution in [0.15, 0.2) is 143 Å². The molecule has 1 aliphatic rings. The smallest absolute Gasteiger partial charge is 0.315 e. The van der Waals surface area contributed by atoms with Crippen LogP contribution in [-0.4, -0.2) is 34.5 Å². The van der Waals surface area contributed by atoms with Crippen LogP contribution in [0.3, 0.4) is 0 Å². The third kappa shape index (κ3) is 8.72. The summed E-state index contributed by atoms with van der Waals surface area (Å²) in [6.45, 7) is 5.02. The summed E-state index contributed by atoms with van der Waals surface area (Å²) in [7, 11) is 0. The maximum atomic E-state index is 12.0. The van der Waals surface area contributed by atoms with Gasteiger partial charge in [-0.15, -0.1) is 0 Å². The van der Waals surface area contributed by atoms with Crippen molar-refractivity contribution in [3.8, 4) is 33.7 Å². The standard InChI is InChI=1S/C44H43N3O5S/c1-3-45-43(49)46-26-31-12-10-17-35(24-31)36-18-11-19-37(25-36)42-50-38(29(2)40(51-42)34-22-20-30(27-48)21-23-34)28-53-44-47-39(32-13-6-4-7-14-32)41(52-44)33-15-8-5-9-16-33/h4-25,29,38,40,42,48H,3,26-28H2,1-2H3,(H2,45,46,49). The van der Waals surface area contributed by atoms with Crippen LogP contribution >= 0.6 is 11.8 Å². The summed E-state index contributed by atoms with van der Waals surface area (Å²) in [5, 5.41) is 15.9. The molecule has 1 saturated heterocycles. The van der Waals surface area contributed by atoms with Gasteiger partial charge in [-0.25, -0.2) is 9.78 Å². The summed E-state index contributed by atoms with van der Waals surface area (Å²) in [5.74, 6) is 1.32. The summed E-state index contributed by atoms with van der Waals surface area (Å²) < 4.78 is 20.0. The Kier molecular flexibility index (Phi) is 11.7. The molecule has 3 N–H and O–H groups in total. The van der Waals surface area contributed by atoms with Crippen molar-refractivity contribution in [1.82, 2.24) is 15.6 Å². The summed E-state index contributed by atoms with van der Waals surface area (Å²) in [4.78, 5) is 17.0. The Morgan fingerprint density at radius 1 is 0.736 bits per heavy atom. The molecular weight excluding hydrogens is 683 g/mol.